The number of hydrogen-bond acceptors (Lipinski definition) is 7. The molecule has 136 valence electrons. The van der Waals surface area contributed by atoms with Crippen molar-refractivity contribution in [2.24, 2.45) is 0 Å². The Balaban J connectivity index is 1.39. The Morgan fingerprint density at radius 2 is 2.00 bits per heavy atom. The van der Waals surface area contributed by atoms with Crippen LogP contribution in [0.1, 0.15) is 16.2 Å². The van der Waals surface area contributed by atoms with Gasteiger partial charge in [0.1, 0.15) is 29.4 Å². The van der Waals surface area contributed by atoms with E-state index in [9.17, 15) is 4.79 Å². The van der Waals surface area contributed by atoms with E-state index in [0.29, 0.717) is 22.9 Å². The van der Waals surface area contributed by atoms with Gasteiger partial charge < -0.3 is 18.4 Å². The van der Waals surface area contributed by atoms with E-state index in [4.69, 9.17) is 18.4 Å². The fourth-order valence-corrected chi connectivity index (χ4v) is 2.47. The van der Waals surface area contributed by atoms with Crippen molar-refractivity contribution in [1.82, 2.24) is 15.4 Å². The first-order chi connectivity index (χ1) is 13.2. The second-order valence-corrected chi connectivity index (χ2v) is 5.63. The van der Waals surface area contributed by atoms with E-state index in [1.807, 2.05) is 24.3 Å². The molecule has 4 rings (SSSR count). The third-order valence-corrected chi connectivity index (χ3v) is 3.86. The Kier molecular flexibility index (Phi) is 4.44. The van der Waals surface area contributed by atoms with Crippen molar-refractivity contribution in [2.45, 2.75) is 6.61 Å². The minimum Gasteiger partial charge on any atom is -0.497 e. The van der Waals surface area contributed by atoms with E-state index in [1.165, 1.54) is 6.26 Å². The standard InChI is InChI=1S/C19H15N3O5/c1-24-14-6-4-12(5-7-14)18-9-13(22-27-18)11-26-19(23)16-10-15(20-21-16)17-3-2-8-25-17/h2-10H,11H2,1H3,(H,20,21). The number of carbonyl (C=O) groups excluding carboxylic acids is 1. The maximum absolute atomic E-state index is 12.2. The average molecular weight is 365 g/mol. The maximum atomic E-state index is 12.2. The van der Waals surface area contributed by atoms with Crippen LogP contribution in [-0.2, 0) is 11.3 Å². The summed E-state index contributed by atoms with van der Waals surface area (Å²) in [5.74, 6) is 1.34. The number of aromatic nitrogens is 3. The third-order valence-electron chi connectivity index (χ3n) is 3.86. The molecule has 1 N–H and O–H groups in total. The van der Waals surface area contributed by atoms with Gasteiger partial charge in [-0.2, -0.15) is 5.10 Å². The first-order valence-corrected chi connectivity index (χ1v) is 8.09. The summed E-state index contributed by atoms with van der Waals surface area (Å²) in [5, 5.41) is 10.6. The number of nitrogens with zero attached hydrogens (tertiary/aromatic N) is 2. The molecule has 0 aliphatic carbocycles. The summed E-state index contributed by atoms with van der Waals surface area (Å²) in [6.45, 7) is -0.0202. The molecular formula is C19H15N3O5. The van der Waals surface area contributed by atoms with Crippen LogP contribution in [0.5, 0.6) is 5.75 Å². The van der Waals surface area contributed by atoms with Gasteiger partial charge in [-0.05, 0) is 36.4 Å². The van der Waals surface area contributed by atoms with Crippen molar-refractivity contribution >= 4 is 5.97 Å². The van der Waals surface area contributed by atoms with E-state index < -0.39 is 5.97 Å². The summed E-state index contributed by atoms with van der Waals surface area (Å²) < 4.78 is 20.9. The van der Waals surface area contributed by atoms with Crippen LogP contribution in [0.2, 0.25) is 0 Å². The summed E-state index contributed by atoms with van der Waals surface area (Å²) in [6, 6.07) is 14.1. The van der Waals surface area contributed by atoms with Crippen LogP contribution in [0, 0.1) is 0 Å². The van der Waals surface area contributed by atoms with E-state index in [2.05, 4.69) is 15.4 Å². The highest BCUT2D eigenvalue weighted by Crippen LogP contribution is 2.23. The summed E-state index contributed by atoms with van der Waals surface area (Å²) in [5.41, 5.74) is 2.09. The molecule has 0 radical (unpaired) electrons. The van der Waals surface area contributed by atoms with Crippen molar-refractivity contribution in [3.8, 4) is 28.5 Å². The molecule has 0 fully saturated rings. The Labute approximate surface area is 153 Å². The van der Waals surface area contributed by atoms with Gasteiger partial charge in [-0.15, -0.1) is 0 Å². The van der Waals surface area contributed by atoms with Gasteiger partial charge in [0.2, 0.25) is 0 Å². The Bertz CT molecular complexity index is 1030. The van der Waals surface area contributed by atoms with Gasteiger partial charge in [-0.25, -0.2) is 4.79 Å². The minimum absolute atomic E-state index is 0.0202. The van der Waals surface area contributed by atoms with Gasteiger partial charge in [0, 0.05) is 17.7 Å². The van der Waals surface area contributed by atoms with Crippen molar-refractivity contribution in [1.29, 1.82) is 0 Å². The lowest BCUT2D eigenvalue weighted by molar-refractivity contribution is 0.0457. The molecular weight excluding hydrogens is 350 g/mol. The lowest BCUT2D eigenvalue weighted by atomic mass is 10.1. The SMILES string of the molecule is COc1ccc(-c2cc(COC(=O)c3cc(-c4ccco4)n[nH]3)no2)cc1. The summed E-state index contributed by atoms with van der Waals surface area (Å²) >= 11 is 0. The van der Waals surface area contributed by atoms with Crippen LogP contribution in [0.4, 0.5) is 0 Å². The number of esters is 1. The Morgan fingerprint density at radius 1 is 1.15 bits per heavy atom. The number of rotatable bonds is 6. The summed E-state index contributed by atoms with van der Waals surface area (Å²) in [4.78, 5) is 12.2. The van der Waals surface area contributed by atoms with Gasteiger partial charge in [0.15, 0.2) is 11.5 Å². The molecule has 0 aliphatic rings. The van der Waals surface area contributed by atoms with E-state index in [-0.39, 0.29) is 12.3 Å². The lowest BCUT2D eigenvalue weighted by Crippen LogP contribution is -2.05. The number of hydrogen-bond donors (Lipinski definition) is 1. The van der Waals surface area contributed by atoms with E-state index >= 15 is 0 Å². The zero-order valence-electron chi connectivity index (χ0n) is 14.3. The van der Waals surface area contributed by atoms with E-state index in [1.54, 1.807) is 31.4 Å². The highest BCUT2D eigenvalue weighted by atomic mass is 16.5. The van der Waals surface area contributed by atoms with Crippen LogP contribution in [0.15, 0.2) is 63.7 Å². The second-order valence-electron chi connectivity index (χ2n) is 5.63. The van der Waals surface area contributed by atoms with Crippen LogP contribution in [0.3, 0.4) is 0 Å². The van der Waals surface area contributed by atoms with Crippen molar-refractivity contribution in [2.75, 3.05) is 7.11 Å². The lowest BCUT2D eigenvalue weighted by Gasteiger charge is -1.99. The summed E-state index contributed by atoms with van der Waals surface area (Å²) in [6.07, 6.45) is 1.53. The first kappa shape index (κ1) is 16.6. The van der Waals surface area contributed by atoms with Crippen LogP contribution in [-0.4, -0.2) is 28.4 Å². The predicted molar refractivity (Wildman–Crippen MR) is 93.9 cm³/mol. The number of benzene rings is 1. The normalized spacial score (nSPS) is 10.7. The second kappa shape index (κ2) is 7.20. The Hall–Kier alpha value is -3.81. The Morgan fingerprint density at radius 3 is 2.74 bits per heavy atom. The van der Waals surface area contributed by atoms with E-state index in [0.717, 1.165) is 11.3 Å². The van der Waals surface area contributed by atoms with Gasteiger partial charge in [-0.1, -0.05) is 5.16 Å². The molecule has 0 bridgehead atoms. The van der Waals surface area contributed by atoms with Crippen molar-refractivity contribution < 1.29 is 23.2 Å². The fourth-order valence-electron chi connectivity index (χ4n) is 2.47. The molecule has 8 heteroatoms. The molecule has 27 heavy (non-hydrogen) atoms. The zero-order valence-corrected chi connectivity index (χ0v) is 14.3. The molecule has 0 spiro atoms. The number of aromatic amines is 1. The van der Waals surface area contributed by atoms with Crippen LogP contribution < -0.4 is 4.74 Å². The molecule has 0 aliphatic heterocycles. The largest absolute Gasteiger partial charge is 0.497 e. The van der Waals surface area contributed by atoms with Gasteiger partial charge in [-0.3, -0.25) is 5.10 Å². The van der Waals surface area contributed by atoms with Crippen molar-refractivity contribution in [3.63, 3.8) is 0 Å². The van der Waals surface area contributed by atoms with Crippen molar-refractivity contribution in [3.05, 3.63) is 66.2 Å². The molecule has 0 saturated heterocycles. The highest BCUT2D eigenvalue weighted by Gasteiger charge is 2.15. The molecule has 0 amide bonds. The zero-order chi connectivity index (χ0) is 18.6. The molecule has 3 heterocycles. The number of carbonyl (C=O) groups is 1. The minimum atomic E-state index is -0.547. The molecule has 0 atom stereocenters. The monoisotopic (exact) mass is 365 g/mol. The van der Waals surface area contributed by atoms with Gasteiger partial charge in [0.05, 0.1) is 13.4 Å². The molecule has 1 aromatic carbocycles. The number of nitrogens with one attached hydrogen (secondary N) is 1. The maximum Gasteiger partial charge on any atom is 0.356 e. The third kappa shape index (κ3) is 3.59. The first-order valence-electron chi connectivity index (χ1n) is 8.09. The molecule has 0 unspecified atom stereocenters. The number of H-pyrrole nitrogens is 1. The van der Waals surface area contributed by atoms with Crippen LogP contribution in [0.25, 0.3) is 22.8 Å². The summed E-state index contributed by atoms with van der Waals surface area (Å²) in [7, 11) is 1.60. The molecule has 0 saturated carbocycles. The van der Waals surface area contributed by atoms with Crippen LogP contribution >= 0.6 is 0 Å². The topological polar surface area (TPSA) is 103 Å². The fraction of sp³-hybridized carbons (Fsp3) is 0.105. The quantitative estimate of drug-likeness (QED) is 0.520. The molecule has 8 nitrogen and oxygen atoms in total. The number of methoxy groups -OCH3 is 1. The molecule has 4 aromatic rings. The smallest absolute Gasteiger partial charge is 0.356 e. The predicted octanol–water partition coefficient (Wildman–Crippen LogP) is 3.69. The van der Waals surface area contributed by atoms with Gasteiger partial charge >= 0.3 is 5.97 Å². The number of ether oxygens (including phenoxy) is 2. The highest BCUT2D eigenvalue weighted by molar-refractivity contribution is 5.88. The number of furan rings is 1. The van der Waals surface area contributed by atoms with Gasteiger partial charge in [0.25, 0.3) is 0 Å². The molecule has 3 aromatic heterocycles. The average Bonchev–Trinajstić information content (AvgIpc) is 3.47.